The van der Waals surface area contributed by atoms with Gasteiger partial charge in [0.15, 0.2) is 0 Å². The molecule has 8 heteroatoms. The standard InChI is InChI=1S/C21H20N6O2/c22-13-15-5-7-16(8-6-15)23-21(29)27-11-9-26(10-12-27)14-19-24-18-4-2-1-3-17(18)20(28)25-19/h1-8H,9-12,14H2,(H,23,29)(H,24,25,28). The third kappa shape index (κ3) is 4.25. The van der Waals surface area contributed by atoms with Gasteiger partial charge in [0.05, 0.1) is 29.1 Å². The predicted octanol–water partition coefficient (Wildman–Crippen LogP) is 2.14. The number of rotatable bonds is 3. The normalized spacial score (nSPS) is 14.5. The van der Waals surface area contributed by atoms with Gasteiger partial charge in [-0.2, -0.15) is 5.26 Å². The second-order valence-electron chi connectivity index (χ2n) is 6.91. The van der Waals surface area contributed by atoms with Gasteiger partial charge in [-0.25, -0.2) is 9.78 Å². The summed E-state index contributed by atoms with van der Waals surface area (Å²) < 4.78 is 0. The van der Waals surface area contributed by atoms with Crippen LogP contribution in [0.15, 0.2) is 53.3 Å². The van der Waals surface area contributed by atoms with Crippen molar-refractivity contribution in [2.45, 2.75) is 6.54 Å². The summed E-state index contributed by atoms with van der Waals surface area (Å²) in [5, 5.41) is 12.3. The van der Waals surface area contributed by atoms with Crippen molar-refractivity contribution in [2.75, 3.05) is 31.5 Å². The van der Waals surface area contributed by atoms with Gasteiger partial charge in [-0.1, -0.05) is 12.1 Å². The maximum atomic E-state index is 12.4. The van der Waals surface area contributed by atoms with Crippen molar-refractivity contribution in [3.8, 4) is 6.07 Å². The molecule has 146 valence electrons. The van der Waals surface area contributed by atoms with Gasteiger partial charge in [-0.05, 0) is 36.4 Å². The Labute approximate surface area is 167 Å². The van der Waals surface area contributed by atoms with Gasteiger partial charge in [0.25, 0.3) is 5.56 Å². The number of anilines is 1. The topological polar surface area (TPSA) is 105 Å². The lowest BCUT2D eigenvalue weighted by Crippen LogP contribution is -2.49. The molecule has 0 spiro atoms. The second-order valence-corrected chi connectivity index (χ2v) is 6.91. The van der Waals surface area contributed by atoms with Gasteiger partial charge in [0.2, 0.25) is 0 Å². The number of carbonyl (C=O) groups excluding carboxylic acids is 1. The first-order chi connectivity index (χ1) is 14.1. The number of hydrogen-bond donors (Lipinski definition) is 2. The van der Waals surface area contributed by atoms with E-state index in [4.69, 9.17) is 5.26 Å². The monoisotopic (exact) mass is 388 g/mol. The summed E-state index contributed by atoms with van der Waals surface area (Å²) in [6, 6.07) is 15.9. The first kappa shape index (κ1) is 18.7. The first-order valence-corrected chi connectivity index (χ1v) is 9.39. The molecule has 0 atom stereocenters. The maximum absolute atomic E-state index is 12.4. The summed E-state index contributed by atoms with van der Waals surface area (Å²) in [5.74, 6) is 0.629. The molecule has 2 N–H and O–H groups in total. The number of carbonyl (C=O) groups is 1. The van der Waals surface area contributed by atoms with E-state index in [1.165, 1.54) is 0 Å². The maximum Gasteiger partial charge on any atom is 0.321 e. The van der Waals surface area contributed by atoms with Crippen LogP contribution in [0.25, 0.3) is 10.9 Å². The van der Waals surface area contributed by atoms with Crippen LogP contribution in [-0.2, 0) is 6.54 Å². The Hall–Kier alpha value is -3.70. The Balaban J connectivity index is 1.34. The second kappa shape index (κ2) is 8.12. The fraction of sp³-hybridized carbons (Fsp3) is 0.238. The minimum absolute atomic E-state index is 0.133. The molecule has 0 saturated carbocycles. The van der Waals surface area contributed by atoms with Crippen LogP contribution in [0.1, 0.15) is 11.4 Å². The lowest BCUT2D eigenvalue weighted by molar-refractivity contribution is 0.141. The van der Waals surface area contributed by atoms with E-state index < -0.39 is 0 Å². The number of nitrogens with zero attached hydrogens (tertiary/aromatic N) is 4. The number of benzene rings is 2. The molecule has 2 amide bonds. The Bertz CT molecular complexity index is 1120. The van der Waals surface area contributed by atoms with Gasteiger partial charge < -0.3 is 15.2 Å². The SMILES string of the molecule is N#Cc1ccc(NC(=O)N2CCN(Cc3nc4ccccc4c(=O)[nH]3)CC2)cc1. The van der Waals surface area contributed by atoms with Crippen molar-refractivity contribution in [3.63, 3.8) is 0 Å². The molecular formula is C21H20N6O2. The van der Waals surface area contributed by atoms with Gasteiger partial charge >= 0.3 is 6.03 Å². The number of hydrogen-bond acceptors (Lipinski definition) is 5. The summed E-state index contributed by atoms with van der Waals surface area (Å²) in [4.78, 5) is 36.0. The number of urea groups is 1. The molecule has 29 heavy (non-hydrogen) atoms. The highest BCUT2D eigenvalue weighted by molar-refractivity contribution is 5.89. The van der Waals surface area contributed by atoms with E-state index in [1.54, 1.807) is 35.2 Å². The van der Waals surface area contributed by atoms with E-state index >= 15 is 0 Å². The molecule has 8 nitrogen and oxygen atoms in total. The number of piperazine rings is 1. The minimum Gasteiger partial charge on any atom is -0.322 e. The molecule has 0 unspecified atom stereocenters. The van der Waals surface area contributed by atoms with Gasteiger partial charge in [-0.15, -0.1) is 0 Å². The van der Waals surface area contributed by atoms with E-state index in [2.05, 4.69) is 26.3 Å². The highest BCUT2D eigenvalue weighted by Crippen LogP contribution is 2.12. The van der Waals surface area contributed by atoms with Crippen LogP contribution in [0.5, 0.6) is 0 Å². The number of nitrogens with one attached hydrogen (secondary N) is 2. The van der Waals surface area contributed by atoms with Crippen LogP contribution in [-0.4, -0.2) is 52.0 Å². The molecule has 1 fully saturated rings. The van der Waals surface area contributed by atoms with E-state index in [9.17, 15) is 9.59 Å². The number of para-hydroxylation sites is 1. The van der Waals surface area contributed by atoms with Crippen LogP contribution in [0.3, 0.4) is 0 Å². The molecule has 1 aromatic heterocycles. The number of H-pyrrole nitrogens is 1. The fourth-order valence-corrected chi connectivity index (χ4v) is 3.36. The van der Waals surface area contributed by atoms with Crippen molar-refractivity contribution in [3.05, 3.63) is 70.3 Å². The quantitative estimate of drug-likeness (QED) is 0.715. The van der Waals surface area contributed by atoms with Crippen molar-refractivity contribution in [1.29, 1.82) is 5.26 Å². The minimum atomic E-state index is -0.161. The van der Waals surface area contributed by atoms with Crippen LogP contribution >= 0.6 is 0 Å². The molecular weight excluding hydrogens is 368 g/mol. The average molecular weight is 388 g/mol. The Kier molecular flexibility index (Phi) is 5.22. The summed E-state index contributed by atoms with van der Waals surface area (Å²) in [6.45, 7) is 3.08. The van der Waals surface area contributed by atoms with Crippen molar-refractivity contribution in [2.24, 2.45) is 0 Å². The van der Waals surface area contributed by atoms with Gasteiger partial charge in [0, 0.05) is 31.9 Å². The van der Waals surface area contributed by atoms with E-state index in [1.807, 2.05) is 18.2 Å². The molecule has 2 heterocycles. The Morgan fingerprint density at radius 2 is 1.83 bits per heavy atom. The number of amides is 2. The lowest BCUT2D eigenvalue weighted by Gasteiger charge is -2.34. The third-order valence-electron chi connectivity index (χ3n) is 4.96. The lowest BCUT2D eigenvalue weighted by atomic mass is 10.2. The third-order valence-corrected chi connectivity index (χ3v) is 4.96. The summed E-state index contributed by atoms with van der Waals surface area (Å²) in [7, 11) is 0. The zero-order chi connectivity index (χ0) is 20.2. The van der Waals surface area contributed by atoms with E-state index in [0.29, 0.717) is 60.7 Å². The zero-order valence-corrected chi connectivity index (χ0v) is 15.8. The first-order valence-electron chi connectivity index (χ1n) is 9.39. The van der Waals surface area contributed by atoms with Crippen molar-refractivity contribution < 1.29 is 4.79 Å². The van der Waals surface area contributed by atoms with Crippen LogP contribution in [0.4, 0.5) is 10.5 Å². The average Bonchev–Trinajstić information content (AvgIpc) is 2.75. The number of fused-ring (bicyclic) bond motifs is 1. The van der Waals surface area contributed by atoms with Gasteiger partial charge in [-0.3, -0.25) is 9.69 Å². The number of nitriles is 1. The van der Waals surface area contributed by atoms with Gasteiger partial charge in [0.1, 0.15) is 5.82 Å². The number of aromatic amines is 1. The van der Waals surface area contributed by atoms with Crippen LogP contribution in [0, 0.1) is 11.3 Å². The molecule has 0 bridgehead atoms. The van der Waals surface area contributed by atoms with Crippen molar-refractivity contribution in [1.82, 2.24) is 19.8 Å². The Morgan fingerprint density at radius 1 is 1.10 bits per heavy atom. The molecule has 4 rings (SSSR count). The smallest absolute Gasteiger partial charge is 0.321 e. The van der Waals surface area contributed by atoms with Crippen LogP contribution in [0.2, 0.25) is 0 Å². The van der Waals surface area contributed by atoms with E-state index in [0.717, 1.165) is 0 Å². The zero-order valence-electron chi connectivity index (χ0n) is 15.8. The molecule has 0 aliphatic carbocycles. The fourth-order valence-electron chi connectivity index (χ4n) is 3.36. The summed E-state index contributed by atoms with van der Waals surface area (Å²) in [5.41, 5.74) is 1.77. The van der Waals surface area contributed by atoms with Crippen LogP contribution < -0.4 is 10.9 Å². The highest BCUT2D eigenvalue weighted by atomic mass is 16.2. The molecule has 3 aromatic rings. The molecule has 1 aliphatic heterocycles. The molecule has 2 aromatic carbocycles. The molecule has 1 saturated heterocycles. The molecule has 0 radical (unpaired) electrons. The Morgan fingerprint density at radius 3 is 2.55 bits per heavy atom. The predicted molar refractivity (Wildman–Crippen MR) is 109 cm³/mol. The largest absolute Gasteiger partial charge is 0.322 e. The van der Waals surface area contributed by atoms with Crippen molar-refractivity contribution >= 4 is 22.6 Å². The van der Waals surface area contributed by atoms with E-state index in [-0.39, 0.29) is 11.6 Å². The molecule has 1 aliphatic rings. The highest BCUT2D eigenvalue weighted by Gasteiger charge is 2.22. The summed E-state index contributed by atoms with van der Waals surface area (Å²) >= 11 is 0. The summed E-state index contributed by atoms with van der Waals surface area (Å²) in [6.07, 6.45) is 0. The number of aromatic nitrogens is 2.